The van der Waals surface area contributed by atoms with E-state index in [2.05, 4.69) is 26.8 Å². The van der Waals surface area contributed by atoms with Crippen LogP contribution in [0.25, 0.3) is 5.57 Å². The molecule has 2 atom stereocenters. The highest BCUT2D eigenvalue weighted by Gasteiger charge is 2.27. The summed E-state index contributed by atoms with van der Waals surface area (Å²) in [6.45, 7) is 6.66. The van der Waals surface area contributed by atoms with Crippen LogP contribution in [0.3, 0.4) is 0 Å². The molecule has 0 saturated heterocycles. The average Bonchev–Trinajstić information content (AvgIpc) is 2.74. The van der Waals surface area contributed by atoms with Gasteiger partial charge in [0.05, 0.1) is 7.11 Å². The predicted molar refractivity (Wildman–Crippen MR) is 80.7 cm³/mol. The topological polar surface area (TPSA) is 9.23 Å². The zero-order valence-corrected chi connectivity index (χ0v) is 12.5. The molecule has 0 radical (unpaired) electrons. The maximum atomic E-state index is 8.45. The summed E-state index contributed by atoms with van der Waals surface area (Å²) in [5, 5.41) is 0. The van der Waals surface area contributed by atoms with Crippen molar-refractivity contribution in [2.24, 2.45) is 5.92 Å². The first-order valence-electron chi connectivity index (χ1n) is 7.95. The molecule has 2 aliphatic carbocycles. The van der Waals surface area contributed by atoms with E-state index in [0.29, 0.717) is 5.92 Å². The number of aryl methyl sites for hydroxylation is 1. The van der Waals surface area contributed by atoms with Crippen molar-refractivity contribution in [2.45, 2.75) is 52.9 Å². The normalized spacial score (nSPS) is 26.6. The SMILES string of the molecule is [3H]C1CCC2=C1c1c(cc(OC)c(C)c1C)CCC2C. The predicted octanol–water partition coefficient (Wildman–Crippen LogP) is 4.83. The van der Waals surface area contributed by atoms with E-state index < -0.39 is 0 Å². The summed E-state index contributed by atoms with van der Waals surface area (Å²) >= 11 is 0. The summed E-state index contributed by atoms with van der Waals surface area (Å²) in [5.74, 6) is 1.62. The number of hydrogen-bond donors (Lipinski definition) is 0. The molecule has 1 aromatic rings. The molecule has 3 rings (SSSR count). The molecule has 2 unspecified atom stereocenters. The molecule has 1 heteroatoms. The highest BCUT2D eigenvalue weighted by Crippen LogP contribution is 2.45. The fraction of sp³-hybridized carbons (Fsp3) is 0.556. The molecular formula is C18H24O. The Kier molecular flexibility index (Phi) is 2.86. The van der Waals surface area contributed by atoms with E-state index >= 15 is 0 Å². The summed E-state index contributed by atoms with van der Waals surface area (Å²) in [4.78, 5) is 0. The minimum atomic E-state index is -0.0317. The van der Waals surface area contributed by atoms with Crippen LogP contribution in [0.5, 0.6) is 5.75 Å². The third-order valence-corrected chi connectivity index (χ3v) is 4.97. The van der Waals surface area contributed by atoms with Crippen LogP contribution in [0.2, 0.25) is 0 Å². The van der Waals surface area contributed by atoms with Gasteiger partial charge >= 0.3 is 0 Å². The maximum absolute atomic E-state index is 8.45. The maximum Gasteiger partial charge on any atom is 0.122 e. The Labute approximate surface area is 118 Å². The average molecular weight is 258 g/mol. The van der Waals surface area contributed by atoms with Gasteiger partial charge in [0, 0.05) is 1.37 Å². The molecule has 102 valence electrons. The Hall–Kier alpha value is -1.24. The molecule has 0 aliphatic heterocycles. The van der Waals surface area contributed by atoms with Gasteiger partial charge < -0.3 is 4.74 Å². The summed E-state index contributed by atoms with van der Waals surface area (Å²) in [7, 11) is 1.75. The van der Waals surface area contributed by atoms with Gasteiger partial charge in [0.1, 0.15) is 5.75 Å². The second kappa shape index (κ2) is 4.70. The van der Waals surface area contributed by atoms with E-state index in [4.69, 9.17) is 6.11 Å². The van der Waals surface area contributed by atoms with Gasteiger partial charge in [0.25, 0.3) is 0 Å². The van der Waals surface area contributed by atoms with E-state index in [-0.39, 0.29) is 6.40 Å². The molecule has 0 spiro atoms. The van der Waals surface area contributed by atoms with Crippen LogP contribution < -0.4 is 4.74 Å². The third-order valence-electron chi connectivity index (χ3n) is 4.97. The Morgan fingerprint density at radius 1 is 1.26 bits per heavy atom. The van der Waals surface area contributed by atoms with Gasteiger partial charge in [-0.25, -0.2) is 0 Å². The first kappa shape index (κ1) is 11.6. The quantitative estimate of drug-likeness (QED) is 0.701. The molecule has 2 aliphatic rings. The van der Waals surface area contributed by atoms with Gasteiger partial charge in [-0.2, -0.15) is 0 Å². The Bertz CT molecular complexity index is 586. The van der Waals surface area contributed by atoms with Crippen molar-refractivity contribution < 1.29 is 6.11 Å². The van der Waals surface area contributed by atoms with Crippen molar-refractivity contribution in [1.29, 1.82) is 0 Å². The van der Waals surface area contributed by atoms with Gasteiger partial charge in [-0.15, -0.1) is 0 Å². The van der Waals surface area contributed by atoms with Gasteiger partial charge in [-0.05, 0) is 85.7 Å². The van der Waals surface area contributed by atoms with Crippen molar-refractivity contribution in [2.75, 3.05) is 7.11 Å². The standard InChI is InChI=1S/C18H24O/c1-11-8-9-14-10-17(19-4)12(2)13(3)18(14)16-7-5-6-15(11)16/h10-11H,5-9H2,1-4H3/i7T. The molecular weight excluding hydrogens is 232 g/mol. The number of ether oxygens (including phenoxy) is 1. The molecule has 0 N–H and O–H groups in total. The minimum Gasteiger partial charge on any atom is -0.496 e. The molecule has 0 heterocycles. The van der Waals surface area contributed by atoms with E-state index in [1.54, 1.807) is 12.7 Å². The smallest absolute Gasteiger partial charge is 0.122 e. The number of methoxy groups -OCH3 is 1. The lowest BCUT2D eigenvalue weighted by Gasteiger charge is -2.18. The number of fused-ring (bicyclic) bond motifs is 2. The molecule has 0 saturated carbocycles. The van der Waals surface area contributed by atoms with Crippen LogP contribution in [0, 0.1) is 19.8 Å². The largest absolute Gasteiger partial charge is 0.496 e. The van der Waals surface area contributed by atoms with Crippen LogP contribution in [-0.2, 0) is 6.42 Å². The molecule has 0 fully saturated rings. The van der Waals surface area contributed by atoms with E-state index in [0.717, 1.165) is 25.0 Å². The lowest BCUT2D eigenvalue weighted by Crippen LogP contribution is -2.01. The summed E-state index contributed by atoms with van der Waals surface area (Å²) < 4.78 is 14.0. The fourth-order valence-corrected chi connectivity index (χ4v) is 3.69. The molecule has 0 amide bonds. The third kappa shape index (κ3) is 1.91. The summed E-state index contributed by atoms with van der Waals surface area (Å²) in [6, 6.07) is 2.21. The molecule has 1 aromatic carbocycles. The van der Waals surface area contributed by atoms with Gasteiger partial charge in [-0.3, -0.25) is 0 Å². The number of benzene rings is 1. The van der Waals surface area contributed by atoms with Gasteiger partial charge in [0.15, 0.2) is 0 Å². The molecule has 0 aromatic heterocycles. The number of rotatable bonds is 1. The minimum absolute atomic E-state index is 0.0317. The molecule has 19 heavy (non-hydrogen) atoms. The second-order valence-corrected chi connectivity index (χ2v) is 5.98. The van der Waals surface area contributed by atoms with E-state index in [9.17, 15) is 0 Å². The zero-order chi connectivity index (χ0) is 14.4. The van der Waals surface area contributed by atoms with Crippen molar-refractivity contribution in [1.82, 2.24) is 0 Å². The van der Waals surface area contributed by atoms with Gasteiger partial charge in [-0.1, -0.05) is 12.5 Å². The summed E-state index contributed by atoms with van der Waals surface area (Å²) in [5.41, 5.74) is 8.21. The lowest BCUT2D eigenvalue weighted by atomic mass is 9.89. The van der Waals surface area contributed by atoms with E-state index in [1.165, 1.54) is 34.2 Å². The van der Waals surface area contributed by atoms with Crippen molar-refractivity contribution in [3.63, 3.8) is 0 Å². The van der Waals surface area contributed by atoms with Crippen LogP contribution in [-0.4, -0.2) is 7.11 Å². The van der Waals surface area contributed by atoms with E-state index in [1.807, 2.05) is 0 Å². The number of allylic oxidation sites excluding steroid dienone is 2. The monoisotopic (exact) mass is 258 g/mol. The highest BCUT2D eigenvalue weighted by atomic mass is 16.5. The molecule has 1 nitrogen and oxygen atoms in total. The number of hydrogen-bond acceptors (Lipinski definition) is 1. The van der Waals surface area contributed by atoms with Crippen LogP contribution in [0.15, 0.2) is 11.6 Å². The Balaban J connectivity index is 2.27. The summed E-state index contributed by atoms with van der Waals surface area (Å²) in [6.07, 6.45) is 4.39. The van der Waals surface area contributed by atoms with Crippen molar-refractivity contribution in [3.8, 4) is 5.75 Å². The van der Waals surface area contributed by atoms with Crippen LogP contribution >= 0.6 is 0 Å². The molecule has 0 bridgehead atoms. The first-order valence-corrected chi connectivity index (χ1v) is 7.37. The highest BCUT2D eigenvalue weighted by molar-refractivity contribution is 5.78. The van der Waals surface area contributed by atoms with Crippen LogP contribution in [0.1, 0.15) is 56.2 Å². The zero-order valence-electron chi connectivity index (χ0n) is 13.5. The van der Waals surface area contributed by atoms with Crippen LogP contribution in [0.4, 0.5) is 0 Å². The first-order chi connectivity index (χ1) is 9.54. The van der Waals surface area contributed by atoms with Crippen molar-refractivity contribution >= 4 is 5.57 Å². The second-order valence-electron chi connectivity index (χ2n) is 5.98. The Morgan fingerprint density at radius 2 is 2.05 bits per heavy atom. The Morgan fingerprint density at radius 3 is 2.79 bits per heavy atom. The van der Waals surface area contributed by atoms with Crippen molar-refractivity contribution in [3.05, 3.63) is 33.9 Å². The van der Waals surface area contributed by atoms with Gasteiger partial charge in [0.2, 0.25) is 0 Å². The lowest BCUT2D eigenvalue weighted by molar-refractivity contribution is 0.410. The fourth-order valence-electron chi connectivity index (χ4n) is 3.69.